The summed E-state index contributed by atoms with van der Waals surface area (Å²) in [6.45, 7) is 2.87. The Morgan fingerprint density at radius 2 is 2.17 bits per heavy atom. The minimum Gasteiger partial charge on any atom is -0.507 e. The van der Waals surface area contributed by atoms with Gasteiger partial charge < -0.3 is 19.5 Å². The molecule has 2 aliphatic rings. The number of amides is 1. The number of benzene rings is 1. The van der Waals surface area contributed by atoms with E-state index in [-0.39, 0.29) is 17.4 Å². The molecule has 152 valence electrons. The molecule has 2 saturated heterocycles. The van der Waals surface area contributed by atoms with E-state index < -0.39 is 17.7 Å². The number of rotatable bonds is 5. The number of aliphatic hydroxyl groups is 1. The first-order valence-corrected chi connectivity index (χ1v) is 10.5. The van der Waals surface area contributed by atoms with Crippen molar-refractivity contribution in [2.45, 2.75) is 31.9 Å². The molecule has 6 nitrogen and oxygen atoms in total. The molecule has 0 aliphatic carbocycles. The van der Waals surface area contributed by atoms with Crippen molar-refractivity contribution in [1.82, 2.24) is 4.90 Å². The molecule has 0 radical (unpaired) electrons. The Morgan fingerprint density at radius 3 is 2.79 bits per heavy atom. The normalized spacial score (nSPS) is 23.7. The van der Waals surface area contributed by atoms with Gasteiger partial charge in [0.15, 0.2) is 0 Å². The van der Waals surface area contributed by atoms with Gasteiger partial charge in [0.2, 0.25) is 0 Å². The summed E-state index contributed by atoms with van der Waals surface area (Å²) >= 11 is 1.46. The Bertz CT molecular complexity index is 960. The van der Waals surface area contributed by atoms with E-state index in [9.17, 15) is 14.7 Å². The van der Waals surface area contributed by atoms with Crippen LogP contribution in [0.15, 0.2) is 41.3 Å². The predicted octanol–water partition coefficient (Wildman–Crippen LogP) is 3.67. The highest BCUT2D eigenvalue weighted by molar-refractivity contribution is 7.10. The fraction of sp³-hybridized carbons (Fsp3) is 0.364. The van der Waals surface area contributed by atoms with Gasteiger partial charge in [-0.2, -0.15) is 0 Å². The lowest BCUT2D eigenvalue weighted by Crippen LogP contribution is -2.36. The molecule has 1 aromatic carbocycles. The van der Waals surface area contributed by atoms with Crippen molar-refractivity contribution < 1.29 is 24.2 Å². The number of aliphatic hydroxyl groups excluding tert-OH is 1. The maximum atomic E-state index is 12.9. The van der Waals surface area contributed by atoms with E-state index in [0.717, 1.165) is 23.3 Å². The zero-order valence-electron chi connectivity index (χ0n) is 16.4. The van der Waals surface area contributed by atoms with Crippen LogP contribution in [-0.2, 0) is 14.3 Å². The third-order valence-electron chi connectivity index (χ3n) is 5.45. The van der Waals surface area contributed by atoms with E-state index in [2.05, 4.69) is 0 Å². The van der Waals surface area contributed by atoms with Gasteiger partial charge in [-0.05, 0) is 55.0 Å². The molecular weight excluding hydrogens is 390 g/mol. The minimum atomic E-state index is -0.660. The zero-order valence-corrected chi connectivity index (χ0v) is 17.2. The average molecular weight is 413 g/mol. The van der Waals surface area contributed by atoms with Crippen LogP contribution < -0.4 is 4.74 Å². The van der Waals surface area contributed by atoms with Crippen molar-refractivity contribution in [1.29, 1.82) is 0 Å². The van der Waals surface area contributed by atoms with Crippen molar-refractivity contribution in [3.63, 3.8) is 0 Å². The minimum absolute atomic E-state index is 0.0843. The quantitative estimate of drug-likeness (QED) is 0.460. The molecule has 1 amide bonds. The Morgan fingerprint density at radius 1 is 1.34 bits per heavy atom. The van der Waals surface area contributed by atoms with Crippen LogP contribution in [0.5, 0.6) is 5.75 Å². The van der Waals surface area contributed by atoms with Crippen LogP contribution in [0.4, 0.5) is 0 Å². The first-order chi connectivity index (χ1) is 14.0. The standard InChI is InChI=1S/C22H23NO5S/c1-13-11-14(7-8-16(13)27-2)20(24)18-19(17-6-4-10-29-17)23(22(26)21(18)25)12-15-5-3-9-28-15/h4,6-8,10-11,15,19,24H,3,5,9,12H2,1-2H3/b20-18-. The lowest BCUT2D eigenvalue weighted by molar-refractivity contribution is -0.140. The highest BCUT2D eigenvalue weighted by Crippen LogP contribution is 2.42. The summed E-state index contributed by atoms with van der Waals surface area (Å²) in [5.41, 5.74) is 1.44. The van der Waals surface area contributed by atoms with Gasteiger partial charge >= 0.3 is 0 Å². The molecule has 3 heterocycles. The number of methoxy groups -OCH3 is 1. The van der Waals surface area contributed by atoms with Gasteiger partial charge in [0.25, 0.3) is 11.7 Å². The van der Waals surface area contributed by atoms with Crippen molar-refractivity contribution in [3.8, 4) is 5.75 Å². The summed E-state index contributed by atoms with van der Waals surface area (Å²) < 4.78 is 11.0. The topological polar surface area (TPSA) is 76.1 Å². The number of ketones is 1. The maximum absolute atomic E-state index is 12.9. The van der Waals surface area contributed by atoms with Crippen molar-refractivity contribution in [2.75, 3.05) is 20.3 Å². The lowest BCUT2D eigenvalue weighted by Gasteiger charge is -2.26. The number of aryl methyl sites for hydroxylation is 1. The molecule has 0 saturated carbocycles. The maximum Gasteiger partial charge on any atom is 0.295 e. The molecule has 0 bridgehead atoms. The van der Waals surface area contributed by atoms with E-state index in [1.807, 2.05) is 24.4 Å². The van der Waals surface area contributed by atoms with E-state index in [1.54, 1.807) is 30.2 Å². The van der Waals surface area contributed by atoms with E-state index in [0.29, 0.717) is 24.5 Å². The first-order valence-electron chi connectivity index (χ1n) is 9.59. The van der Waals surface area contributed by atoms with Gasteiger partial charge in [0.1, 0.15) is 11.5 Å². The first kappa shape index (κ1) is 19.7. The number of carbonyl (C=O) groups is 2. The zero-order chi connectivity index (χ0) is 20.5. The van der Waals surface area contributed by atoms with Crippen LogP contribution in [0.1, 0.15) is 34.9 Å². The Hall–Kier alpha value is -2.64. The SMILES string of the molecule is COc1ccc(/C(O)=C2/C(=O)C(=O)N(CC3CCCO3)C2c2cccs2)cc1C. The summed E-state index contributed by atoms with van der Waals surface area (Å²) in [6, 6.07) is 8.35. The van der Waals surface area contributed by atoms with Crippen LogP contribution in [0.25, 0.3) is 5.76 Å². The average Bonchev–Trinajstić information content (AvgIpc) is 3.46. The lowest BCUT2D eigenvalue weighted by atomic mass is 9.98. The summed E-state index contributed by atoms with van der Waals surface area (Å²) in [4.78, 5) is 28.2. The number of ether oxygens (including phenoxy) is 2. The van der Waals surface area contributed by atoms with E-state index in [4.69, 9.17) is 9.47 Å². The second-order valence-electron chi connectivity index (χ2n) is 7.29. The molecule has 2 aromatic rings. The molecule has 1 aromatic heterocycles. The van der Waals surface area contributed by atoms with Crippen molar-refractivity contribution in [3.05, 3.63) is 57.3 Å². The third-order valence-corrected chi connectivity index (χ3v) is 6.37. The molecule has 2 atom stereocenters. The molecule has 2 aliphatic heterocycles. The Balaban J connectivity index is 1.79. The number of Topliss-reactive ketones (excluding diaryl/α,β-unsaturated/α-hetero) is 1. The summed E-state index contributed by atoms with van der Waals surface area (Å²) in [6.07, 6.45) is 1.72. The van der Waals surface area contributed by atoms with Crippen LogP contribution in [0.3, 0.4) is 0 Å². The number of likely N-dealkylation sites (tertiary alicyclic amines) is 1. The molecule has 29 heavy (non-hydrogen) atoms. The molecule has 2 fully saturated rings. The smallest absolute Gasteiger partial charge is 0.295 e. The van der Waals surface area contributed by atoms with Gasteiger partial charge in [-0.15, -0.1) is 11.3 Å². The Labute approximate surface area is 173 Å². The fourth-order valence-corrected chi connectivity index (χ4v) is 4.85. The predicted molar refractivity (Wildman–Crippen MR) is 110 cm³/mol. The molecule has 2 unspecified atom stereocenters. The van der Waals surface area contributed by atoms with Gasteiger partial charge in [0.05, 0.1) is 24.8 Å². The van der Waals surface area contributed by atoms with Crippen LogP contribution >= 0.6 is 11.3 Å². The summed E-state index contributed by atoms with van der Waals surface area (Å²) in [7, 11) is 1.58. The second-order valence-corrected chi connectivity index (χ2v) is 8.27. The summed E-state index contributed by atoms with van der Waals surface area (Å²) in [5, 5.41) is 13.0. The number of hydrogen-bond acceptors (Lipinski definition) is 6. The van der Waals surface area contributed by atoms with E-state index in [1.165, 1.54) is 11.3 Å². The van der Waals surface area contributed by atoms with Gasteiger partial charge in [-0.1, -0.05) is 6.07 Å². The van der Waals surface area contributed by atoms with Crippen molar-refractivity contribution in [2.24, 2.45) is 0 Å². The number of carbonyl (C=O) groups excluding carboxylic acids is 2. The highest BCUT2D eigenvalue weighted by atomic mass is 32.1. The molecular formula is C22H23NO5S. The summed E-state index contributed by atoms with van der Waals surface area (Å²) in [5.74, 6) is -0.726. The number of hydrogen-bond donors (Lipinski definition) is 1. The van der Waals surface area contributed by atoms with Crippen LogP contribution in [-0.4, -0.2) is 48.1 Å². The molecule has 1 N–H and O–H groups in total. The number of thiophene rings is 1. The monoisotopic (exact) mass is 413 g/mol. The van der Waals surface area contributed by atoms with Crippen molar-refractivity contribution >= 4 is 28.8 Å². The van der Waals surface area contributed by atoms with Crippen LogP contribution in [0.2, 0.25) is 0 Å². The molecule has 7 heteroatoms. The Kier molecular flexibility index (Phi) is 5.43. The van der Waals surface area contributed by atoms with Gasteiger partial charge in [0, 0.05) is 23.6 Å². The molecule has 4 rings (SSSR count). The fourth-order valence-electron chi connectivity index (χ4n) is 4.00. The largest absolute Gasteiger partial charge is 0.507 e. The van der Waals surface area contributed by atoms with Crippen LogP contribution in [0, 0.1) is 6.92 Å². The van der Waals surface area contributed by atoms with E-state index >= 15 is 0 Å². The highest BCUT2D eigenvalue weighted by Gasteiger charge is 2.47. The van der Waals surface area contributed by atoms with Gasteiger partial charge in [-0.25, -0.2) is 0 Å². The second kappa shape index (κ2) is 8.00. The number of nitrogens with zero attached hydrogens (tertiary/aromatic N) is 1. The van der Waals surface area contributed by atoms with Gasteiger partial charge in [-0.3, -0.25) is 9.59 Å². The third kappa shape index (κ3) is 3.56. The molecule has 0 spiro atoms.